The van der Waals surface area contributed by atoms with E-state index in [2.05, 4.69) is 17.0 Å². The predicted molar refractivity (Wildman–Crippen MR) is 84.6 cm³/mol. The van der Waals surface area contributed by atoms with Crippen molar-refractivity contribution in [3.8, 4) is 0 Å². The van der Waals surface area contributed by atoms with Crippen LogP contribution in [0.1, 0.15) is 21.5 Å². The summed E-state index contributed by atoms with van der Waals surface area (Å²) in [7, 11) is 0. The van der Waals surface area contributed by atoms with E-state index in [1.807, 2.05) is 36.4 Å². The Balaban J connectivity index is 2.09. The highest BCUT2D eigenvalue weighted by Crippen LogP contribution is 2.11. The van der Waals surface area contributed by atoms with Gasteiger partial charge in [-0.1, -0.05) is 42.5 Å². The van der Waals surface area contributed by atoms with Gasteiger partial charge in [-0.3, -0.25) is 9.69 Å². The van der Waals surface area contributed by atoms with Crippen molar-refractivity contribution in [1.82, 2.24) is 4.90 Å². The van der Waals surface area contributed by atoms with Crippen molar-refractivity contribution < 1.29 is 4.79 Å². The van der Waals surface area contributed by atoms with Crippen LogP contribution in [-0.4, -0.2) is 23.9 Å². The molecule has 0 aromatic heterocycles. The minimum atomic E-state index is -0.398. The highest BCUT2D eigenvalue weighted by molar-refractivity contribution is 5.92. The van der Waals surface area contributed by atoms with Crippen LogP contribution in [0.3, 0.4) is 0 Å². The molecule has 0 atom stereocenters. The number of amides is 1. The summed E-state index contributed by atoms with van der Waals surface area (Å²) in [4.78, 5) is 13.5. The van der Waals surface area contributed by atoms with Crippen molar-refractivity contribution in [2.75, 3.05) is 13.1 Å². The van der Waals surface area contributed by atoms with Crippen molar-refractivity contribution in [2.24, 2.45) is 11.5 Å². The lowest BCUT2D eigenvalue weighted by atomic mass is 10.1. The van der Waals surface area contributed by atoms with Crippen LogP contribution in [0.4, 0.5) is 0 Å². The average Bonchev–Trinajstić information content (AvgIpc) is 2.49. The Morgan fingerprint density at radius 3 is 2.29 bits per heavy atom. The molecule has 21 heavy (non-hydrogen) atoms. The summed E-state index contributed by atoms with van der Waals surface area (Å²) in [5, 5.41) is 0. The fraction of sp³-hybridized carbons (Fsp3) is 0.235. The van der Waals surface area contributed by atoms with Crippen LogP contribution in [-0.2, 0) is 13.1 Å². The molecule has 0 saturated carbocycles. The third-order valence-corrected chi connectivity index (χ3v) is 3.31. The minimum absolute atomic E-state index is 0.398. The van der Waals surface area contributed by atoms with Crippen molar-refractivity contribution in [3.63, 3.8) is 0 Å². The lowest BCUT2D eigenvalue weighted by Crippen LogP contribution is -2.28. The molecule has 0 radical (unpaired) electrons. The number of primary amides is 1. The van der Waals surface area contributed by atoms with Crippen molar-refractivity contribution >= 4 is 5.91 Å². The minimum Gasteiger partial charge on any atom is -0.366 e. The lowest BCUT2D eigenvalue weighted by Gasteiger charge is -2.22. The Morgan fingerprint density at radius 2 is 1.62 bits per heavy atom. The molecule has 0 aliphatic rings. The Morgan fingerprint density at radius 1 is 0.952 bits per heavy atom. The van der Waals surface area contributed by atoms with Gasteiger partial charge in [0.1, 0.15) is 0 Å². The molecular weight excluding hydrogens is 262 g/mol. The number of hydrogen-bond donors (Lipinski definition) is 2. The van der Waals surface area contributed by atoms with E-state index >= 15 is 0 Å². The summed E-state index contributed by atoms with van der Waals surface area (Å²) in [6, 6.07) is 17.7. The smallest absolute Gasteiger partial charge is 0.248 e. The molecule has 0 saturated heterocycles. The van der Waals surface area contributed by atoms with Gasteiger partial charge in [-0.2, -0.15) is 0 Å². The molecule has 0 spiro atoms. The van der Waals surface area contributed by atoms with E-state index in [-0.39, 0.29) is 0 Å². The van der Waals surface area contributed by atoms with E-state index in [0.717, 1.165) is 25.2 Å². The van der Waals surface area contributed by atoms with E-state index in [1.165, 1.54) is 5.56 Å². The average molecular weight is 283 g/mol. The summed E-state index contributed by atoms with van der Waals surface area (Å²) < 4.78 is 0. The number of benzene rings is 2. The molecule has 0 fully saturated rings. The normalized spacial score (nSPS) is 10.8. The molecule has 2 aromatic rings. The summed E-state index contributed by atoms with van der Waals surface area (Å²) in [6.07, 6.45) is 0. The molecule has 4 heteroatoms. The summed E-state index contributed by atoms with van der Waals surface area (Å²) in [6.45, 7) is 2.98. The maximum atomic E-state index is 11.2. The molecule has 0 bridgehead atoms. The number of rotatable bonds is 7. The first-order valence-electron chi connectivity index (χ1n) is 7.04. The highest BCUT2D eigenvalue weighted by atomic mass is 16.1. The first-order valence-corrected chi connectivity index (χ1v) is 7.04. The topological polar surface area (TPSA) is 72.3 Å². The second-order valence-electron chi connectivity index (χ2n) is 5.05. The van der Waals surface area contributed by atoms with E-state index in [1.54, 1.807) is 6.07 Å². The number of carbonyl (C=O) groups excluding carboxylic acids is 1. The van der Waals surface area contributed by atoms with Crippen molar-refractivity contribution in [2.45, 2.75) is 13.1 Å². The molecule has 4 nitrogen and oxygen atoms in total. The Kier molecular flexibility index (Phi) is 5.49. The number of nitrogens with zero attached hydrogens (tertiary/aromatic N) is 1. The van der Waals surface area contributed by atoms with Crippen molar-refractivity contribution in [3.05, 3.63) is 71.3 Å². The molecule has 1 amide bonds. The van der Waals surface area contributed by atoms with Gasteiger partial charge in [-0.05, 0) is 23.3 Å². The van der Waals surface area contributed by atoms with E-state index in [0.29, 0.717) is 12.1 Å². The molecule has 0 heterocycles. The zero-order valence-corrected chi connectivity index (χ0v) is 12.0. The van der Waals surface area contributed by atoms with Gasteiger partial charge in [0.05, 0.1) is 0 Å². The van der Waals surface area contributed by atoms with Gasteiger partial charge >= 0.3 is 0 Å². The van der Waals surface area contributed by atoms with Crippen LogP contribution in [0.25, 0.3) is 0 Å². The lowest BCUT2D eigenvalue weighted by molar-refractivity contribution is 0.1000. The SMILES string of the molecule is NCCN(Cc1ccccc1)Cc1cccc(C(N)=O)c1. The Labute approximate surface area is 125 Å². The second kappa shape index (κ2) is 7.57. The van der Waals surface area contributed by atoms with E-state index < -0.39 is 5.91 Å². The predicted octanol–water partition coefficient (Wildman–Crippen LogP) is 1.75. The number of carbonyl (C=O) groups is 1. The summed E-state index contributed by atoms with van der Waals surface area (Å²) in [5.41, 5.74) is 13.9. The molecule has 2 aromatic carbocycles. The van der Waals surface area contributed by atoms with Gasteiger partial charge in [0.15, 0.2) is 0 Å². The van der Waals surface area contributed by atoms with Crippen LogP contribution in [0.2, 0.25) is 0 Å². The van der Waals surface area contributed by atoms with Gasteiger partial charge in [-0.25, -0.2) is 0 Å². The number of nitrogens with two attached hydrogens (primary N) is 2. The third-order valence-electron chi connectivity index (χ3n) is 3.31. The molecular formula is C17H21N3O. The number of hydrogen-bond acceptors (Lipinski definition) is 3. The van der Waals surface area contributed by atoms with Crippen molar-refractivity contribution in [1.29, 1.82) is 0 Å². The largest absolute Gasteiger partial charge is 0.366 e. The van der Waals surface area contributed by atoms with E-state index in [4.69, 9.17) is 11.5 Å². The molecule has 110 valence electrons. The Bertz CT molecular complexity index is 584. The quantitative estimate of drug-likeness (QED) is 0.813. The second-order valence-corrected chi connectivity index (χ2v) is 5.05. The molecule has 0 unspecified atom stereocenters. The van der Waals surface area contributed by atoms with Crippen LogP contribution in [0.5, 0.6) is 0 Å². The summed E-state index contributed by atoms with van der Waals surface area (Å²) in [5.74, 6) is -0.398. The fourth-order valence-electron chi connectivity index (χ4n) is 2.32. The first-order chi connectivity index (χ1) is 10.2. The Hall–Kier alpha value is -2.17. The maximum Gasteiger partial charge on any atom is 0.248 e. The molecule has 0 aliphatic heterocycles. The summed E-state index contributed by atoms with van der Waals surface area (Å²) >= 11 is 0. The van der Waals surface area contributed by atoms with Gasteiger partial charge in [-0.15, -0.1) is 0 Å². The highest BCUT2D eigenvalue weighted by Gasteiger charge is 2.08. The van der Waals surface area contributed by atoms with Crippen LogP contribution < -0.4 is 11.5 Å². The van der Waals surface area contributed by atoms with Gasteiger partial charge in [0.2, 0.25) is 5.91 Å². The van der Waals surface area contributed by atoms with Gasteiger partial charge < -0.3 is 11.5 Å². The standard InChI is InChI=1S/C17H21N3O/c18-9-10-20(12-14-5-2-1-3-6-14)13-15-7-4-8-16(11-15)17(19)21/h1-8,11H,9-10,12-13,18H2,(H2,19,21). The first kappa shape index (κ1) is 15.2. The van der Waals surface area contributed by atoms with Gasteiger partial charge in [0.25, 0.3) is 0 Å². The van der Waals surface area contributed by atoms with Gasteiger partial charge in [0, 0.05) is 31.7 Å². The van der Waals surface area contributed by atoms with Crippen LogP contribution >= 0.6 is 0 Å². The zero-order valence-electron chi connectivity index (χ0n) is 12.0. The maximum absolute atomic E-state index is 11.2. The zero-order chi connectivity index (χ0) is 15.1. The van der Waals surface area contributed by atoms with E-state index in [9.17, 15) is 4.79 Å². The third kappa shape index (κ3) is 4.70. The fourth-order valence-corrected chi connectivity index (χ4v) is 2.32. The van der Waals surface area contributed by atoms with Crippen LogP contribution in [0.15, 0.2) is 54.6 Å². The molecule has 4 N–H and O–H groups in total. The molecule has 2 rings (SSSR count). The monoisotopic (exact) mass is 283 g/mol. The molecule has 0 aliphatic carbocycles. The van der Waals surface area contributed by atoms with Crippen LogP contribution in [0, 0.1) is 0 Å².